The van der Waals surface area contributed by atoms with Crippen molar-refractivity contribution in [1.82, 2.24) is 15.3 Å². The molecule has 206 valence electrons. The van der Waals surface area contributed by atoms with Gasteiger partial charge in [0.15, 0.2) is 17.2 Å². The Labute approximate surface area is 223 Å². The number of carboxylic acid groups (broad SMARTS) is 1. The Balaban J connectivity index is 1.31. The van der Waals surface area contributed by atoms with Crippen LogP contribution in [0.1, 0.15) is 61.2 Å². The minimum atomic E-state index is -1.17. The molecule has 0 atom stereocenters. The van der Waals surface area contributed by atoms with Crippen LogP contribution in [-0.2, 0) is 27.1 Å². The molecule has 2 aliphatic heterocycles. The number of anilines is 1. The summed E-state index contributed by atoms with van der Waals surface area (Å²) in [5.41, 5.74) is 2.51. The first-order valence-corrected chi connectivity index (χ1v) is 13.1. The maximum absolute atomic E-state index is 12.3. The number of piperidine rings is 1. The number of hydrogen-bond donors (Lipinski definition) is 3. The highest BCUT2D eigenvalue weighted by Gasteiger charge is 2.37. The first kappa shape index (κ1) is 27.8. The SMILES string of the molecule is Cc1nc(CC2CCN(c3ccc(CC4(C)OCC(C)(C)CO4)cc3)CC2)nc(C(=O)NCC(=O)O)c1O. The second kappa shape index (κ2) is 11.2. The summed E-state index contributed by atoms with van der Waals surface area (Å²) in [5, 5.41) is 21.3. The van der Waals surface area contributed by atoms with E-state index >= 15 is 0 Å². The molecule has 0 bridgehead atoms. The van der Waals surface area contributed by atoms with Gasteiger partial charge in [0.05, 0.1) is 18.9 Å². The molecule has 0 spiro atoms. The van der Waals surface area contributed by atoms with E-state index in [4.69, 9.17) is 14.6 Å². The van der Waals surface area contributed by atoms with E-state index in [2.05, 4.69) is 58.3 Å². The van der Waals surface area contributed by atoms with Crippen molar-refractivity contribution in [3.05, 3.63) is 47.0 Å². The number of carbonyl (C=O) groups excluding carboxylic acids is 1. The largest absolute Gasteiger partial charge is 0.504 e. The van der Waals surface area contributed by atoms with Crippen molar-refractivity contribution in [2.24, 2.45) is 11.3 Å². The van der Waals surface area contributed by atoms with Crippen molar-refractivity contribution in [2.75, 3.05) is 37.7 Å². The third-order valence-corrected chi connectivity index (χ3v) is 7.17. The standard InChI is InChI=1S/C28H38N4O6/c1-18-25(35)24(26(36)29-15-23(33)34)31-22(30-18)13-19-9-11-32(12-10-19)21-7-5-20(6-8-21)14-28(4)37-16-27(2,3)17-38-28/h5-8,19,35H,9-17H2,1-4H3,(H,29,36)(H,33,34). The van der Waals surface area contributed by atoms with Crippen molar-refractivity contribution >= 4 is 17.6 Å². The van der Waals surface area contributed by atoms with Crippen molar-refractivity contribution in [3.63, 3.8) is 0 Å². The van der Waals surface area contributed by atoms with E-state index in [9.17, 15) is 14.7 Å². The molecule has 0 aliphatic carbocycles. The number of aromatic nitrogens is 2. The van der Waals surface area contributed by atoms with E-state index in [1.807, 2.05) is 6.92 Å². The summed E-state index contributed by atoms with van der Waals surface area (Å²) in [6.07, 6.45) is 3.18. The van der Waals surface area contributed by atoms with Crippen LogP contribution in [0.5, 0.6) is 5.75 Å². The molecule has 0 saturated carbocycles. The number of rotatable bonds is 8. The third-order valence-electron chi connectivity index (χ3n) is 7.17. The fourth-order valence-electron chi connectivity index (χ4n) is 4.84. The van der Waals surface area contributed by atoms with Gasteiger partial charge in [-0.15, -0.1) is 0 Å². The number of hydrogen-bond acceptors (Lipinski definition) is 8. The molecule has 10 nitrogen and oxygen atoms in total. The van der Waals surface area contributed by atoms with Gasteiger partial charge < -0.3 is 29.9 Å². The van der Waals surface area contributed by atoms with E-state index in [1.54, 1.807) is 6.92 Å². The number of nitrogens with one attached hydrogen (secondary N) is 1. The van der Waals surface area contributed by atoms with Gasteiger partial charge in [0.2, 0.25) is 0 Å². The Morgan fingerprint density at radius 1 is 1.08 bits per heavy atom. The molecule has 2 fully saturated rings. The van der Waals surface area contributed by atoms with E-state index in [1.165, 1.54) is 11.3 Å². The number of nitrogens with zero attached hydrogens (tertiary/aromatic N) is 3. The molecule has 38 heavy (non-hydrogen) atoms. The van der Waals surface area contributed by atoms with Crippen LogP contribution in [0, 0.1) is 18.3 Å². The molecule has 3 N–H and O–H groups in total. The van der Waals surface area contributed by atoms with Gasteiger partial charge in [-0.05, 0) is 50.3 Å². The van der Waals surface area contributed by atoms with E-state index in [0.29, 0.717) is 43.5 Å². The summed E-state index contributed by atoms with van der Waals surface area (Å²) in [5.74, 6) is -2.00. The second-order valence-electron chi connectivity index (χ2n) is 11.4. The molecule has 4 rings (SSSR count). The summed E-state index contributed by atoms with van der Waals surface area (Å²) < 4.78 is 12.1. The molecule has 1 aromatic carbocycles. The second-order valence-corrected chi connectivity index (χ2v) is 11.4. The van der Waals surface area contributed by atoms with E-state index in [-0.39, 0.29) is 16.9 Å². The van der Waals surface area contributed by atoms with Gasteiger partial charge in [-0.25, -0.2) is 9.97 Å². The van der Waals surface area contributed by atoms with Crippen LogP contribution in [-0.4, -0.2) is 70.7 Å². The topological polar surface area (TPSA) is 134 Å². The molecule has 3 heterocycles. The van der Waals surface area contributed by atoms with Crippen molar-refractivity contribution in [2.45, 2.75) is 59.2 Å². The predicted octanol–water partition coefficient (Wildman–Crippen LogP) is 3.10. The predicted molar refractivity (Wildman–Crippen MR) is 141 cm³/mol. The molecule has 0 radical (unpaired) electrons. The Kier molecular flexibility index (Phi) is 8.22. The lowest BCUT2D eigenvalue weighted by Gasteiger charge is -2.41. The quantitative estimate of drug-likeness (QED) is 0.474. The summed E-state index contributed by atoms with van der Waals surface area (Å²) in [4.78, 5) is 34.0. The van der Waals surface area contributed by atoms with Gasteiger partial charge in [-0.2, -0.15) is 0 Å². The highest BCUT2D eigenvalue weighted by Crippen LogP contribution is 2.32. The number of carboxylic acids is 1. The van der Waals surface area contributed by atoms with Crippen LogP contribution in [0.4, 0.5) is 5.69 Å². The van der Waals surface area contributed by atoms with Gasteiger partial charge in [-0.1, -0.05) is 26.0 Å². The Morgan fingerprint density at radius 2 is 1.71 bits per heavy atom. The smallest absolute Gasteiger partial charge is 0.322 e. The Bertz CT molecular complexity index is 1150. The molecular formula is C28H38N4O6. The summed E-state index contributed by atoms with van der Waals surface area (Å²) in [6, 6.07) is 8.59. The van der Waals surface area contributed by atoms with Crippen LogP contribution in [0.25, 0.3) is 0 Å². The molecular weight excluding hydrogens is 488 g/mol. The Hall–Kier alpha value is -3.24. The number of amides is 1. The first-order valence-electron chi connectivity index (χ1n) is 13.1. The number of aromatic hydroxyl groups is 1. The summed E-state index contributed by atoms with van der Waals surface area (Å²) >= 11 is 0. The molecule has 2 saturated heterocycles. The highest BCUT2D eigenvalue weighted by atomic mass is 16.7. The van der Waals surface area contributed by atoms with Gasteiger partial charge in [0, 0.05) is 37.0 Å². The van der Waals surface area contributed by atoms with E-state index < -0.39 is 24.2 Å². The van der Waals surface area contributed by atoms with Crippen LogP contribution in [0.2, 0.25) is 0 Å². The van der Waals surface area contributed by atoms with Gasteiger partial charge in [0.25, 0.3) is 5.91 Å². The van der Waals surface area contributed by atoms with Gasteiger partial charge in [-0.3, -0.25) is 9.59 Å². The lowest BCUT2D eigenvalue weighted by atomic mass is 9.92. The van der Waals surface area contributed by atoms with Crippen LogP contribution >= 0.6 is 0 Å². The number of benzene rings is 1. The first-order chi connectivity index (χ1) is 17.9. The molecule has 10 heteroatoms. The third kappa shape index (κ3) is 6.99. The zero-order chi connectivity index (χ0) is 27.5. The number of aryl methyl sites for hydroxylation is 1. The number of aliphatic carboxylic acids is 1. The lowest BCUT2D eigenvalue weighted by molar-refractivity contribution is -0.288. The van der Waals surface area contributed by atoms with Crippen molar-refractivity contribution in [3.8, 4) is 5.75 Å². The monoisotopic (exact) mass is 526 g/mol. The number of carbonyl (C=O) groups is 2. The van der Waals surface area contributed by atoms with Gasteiger partial charge >= 0.3 is 5.97 Å². The zero-order valence-electron chi connectivity index (χ0n) is 22.6. The molecule has 0 unspecified atom stereocenters. The molecule has 1 aromatic heterocycles. The van der Waals surface area contributed by atoms with Crippen molar-refractivity contribution in [1.29, 1.82) is 0 Å². The lowest BCUT2D eigenvalue weighted by Crippen LogP contribution is -2.46. The minimum Gasteiger partial charge on any atom is -0.504 e. The average molecular weight is 527 g/mol. The van der Waals surface area contributed by atoms with Crippen molar-refractivity contribution < 1.29 is 29.3 Å². The number of ether oxygens (including phenoxy) is 2. The maximum atomic E-state index is 12.3. The van der Waals surface area contributed by atoms with Gasteiger partial charge in [0.1, 0.15) is 12.4 Å². The average Bonchev–Trinajstić information content (AvgIpc) is 2.88. The summed E-state index contributed by atoms with van der Waals surface area (Å²) in [6.45, 7) is 10.5. The fraction of sp³-hybridized carbons (Fsp3) is 0.571. The molecule has 2 aromatic rings. The van der Waals surface area contributed by atoms with Crippen LogP contribution in [0.15, 0.2) is 24.3 Å². The fourth-order valence-corrected chi connectivity index (χ4v) is 4.84. The maximum Gasteiger partial charge on any atom is 0.322 e. The molecule has 2 aliphatic rings. The summed E-state index contributed by atoms with van der Waals surface area (Å²) in [7, 11) is 0. The zero-order valence-corrected chi connectivity index (χ0v) is 22.6. The normalized spacial score (nSPS) is 19.2. The van der Waals surface area contributed by atoms with E-state index in [0.717, 1.165) is 25.9 Å². The highest BCUT2D eigenvalue weighted by molar-refractivity contribution is 5.96. The Morgan fingerprint density at radius 3 is 2.32 bits per heavy atom. The molecule has 1 amide bonds. The van der Waals surface area contributed by atoms with Crippen LogP contribution in [0.3, 0.4) is 0 Å². The minimum absolute atomic E-state index is 0.0433. The van der Waals surface area contributed by atoms with Crippen LogP contribution < -0.4 is 10.2 Å².